The zero-order valence-corrected chi connectivity index (χ0v) is 14.4. The van der Waals surface area contributed by atoms with Crippen molar-refractivity contribution in [3.63, 3.8) is 0 Å². The second kappa shape index (κ2) is 7.17. The van der Waals surface area contributed by atoms with Gasteiger partial charge in [0, 0.05) is 23.9 Å². The maximum atomic E-state index is 11.7. The van der Waals surface area contributed by atoms with Crippen molar-refractivity contribution in [2.45, 2.75) is 19.9 Å². The SMILES string of the molecule is CNC(=O)c1cccc(NC(C)c2nnc(-c3ccc(C)cc3)o2)c1. The Morgan fingerprint density at radius 3 is 2.60 bits per heavy atom. The van der Waals surface area contributed by atoms with Crippen LogP contribution >= 0.6 is 0 Å². The third-order valence-electron chi connectivity index (χ3n) is 3.84. The Hall–Kier alpha value is -3.15. The molecule has 3 rings (SSSR count). The number of aryl methyl sites for hydroxylation is 1. The fourth-order valence-corrected chi connectivity index (χ4v) is 2.43. The summed E-state index contributed by atoms with van der Waals surface area (Å²) in [5.41, 5.74) is 3.46. The van der Waals surface area contributed by atoms with E-state index in [2.05, 4.69) is 20.8 Å². The monoisotopic (exact) mass is 336 g/mol. The molecule has 6 heteroatoms. The van der Waals surface area contributed by atoms with Gasteiger partial charge in [-0.25, -0.2) is 0 Å². The number of carbonyl (C=O) groups is 1. The van der Waals surface area contributed by atoms with Crippen molar-refractivity contribution in [3.8, 4) is 11.5 Å². The van der Waals surface area contributed by atoms with Crippen LogP contribution in [0, 0.1) is 6.92 Å². The molecule has 1 amide bonds. The van der Waals surface area contributed by atoms with E-state index < -0.39 is 0 Å². The van der Waals surface area contributed by atoms with Crippen LogP contribution in [0.25, 0.3) is 11.5 Å². The summed E-state index contributed by atoms with van der Waals surface area (Å²) in [7, 11) is 1.61. The molecule has 0 spiro atoms. The summed E-state index contributed by atoms with van der Waals surface area (Å²) in [5.74, 6) is 0.847. The van der Waals surface area contributed by atoms with Crippen LogP contribution in [-0.2, 0) is 0 Å². The molecule has 0 aliphatic heterocycles. The van der Waals surface area contributed by atoms with Gasteiger partial charge < -0.3 is 15.1 Å². The zero-order chi connectivity index (χ0) is 17.8. The van der Waals surface area contributed by atoms with Crippen LogP contribution in [0.3, 0.4) is 0 Å². The third-order valence-corrected chi connectivity index (χ3v) is 3.84. The largest absolute Gasteiger partial charge is 0.418 e. The van der Waals surface area contributed by atoms with E-state index in [1.54, 1.807) is 19.2 Å². The van der Waals surface area contributed by atoms with Crippen LogP contribution in [0.15, 0.2) is 52.9 Å². The predicted molar refractivity (Wildman–Crippen MR) is 96.3 cm³/mol. The van der Waals surface area contributed by atoms with Gasteiger partial charge in [-0.05, 0) is 44.2 Å². The minimum atomic E-state index is -0.188. The molecule has 0 fully saturated rings. The molecule has 2 N–H and O–H groups in total. The molecule has 1 aromatic heterocycles. The molecule has 0 saturated heterocycles. The Morgan fingerprint density at radius 1 is 1.12 bits per heavy atom. The van der Waals surface area contributed by atoms with E-state index >= 15 is 0 Å². The summed E-state index contributed by atoms with van der Waals surface area (Å²) in [4.78, 5) is 11.7. The van der Waals surface area contributed by atoms with Gasteiger partial charge in [0.1, 0.15) is 6.04 Å². The highest BCUT2D eigenvalue weighted by molar-refractivity contribution is 5.94. The molecular weight excluding hydrogens is 316 g/mol. The highest BCUT2D eigenvalue weighted by Gasteiger charge is 2.15. The normalized spacial score (nSPS) is 11.8. The second-order valence-corrected chi connectivity index (χ2v) is 5.84. The molecular formula is C19H20N4O2. The summed E-state index contributed by atoms with van der Waals surface area (Å²) in [5, 5.41) is 14.1. The second-order valence-electron chi connectivity index (χ2n) is 5.84. The number of aromatic nitrogens is 2. The van der Waals surface area contributed by atoms with E-state index in [-0.39, 0.29) is 11.9 Å². The average molecular weight is 336 g/mol. The lowest BCUT2D eigenvalue weighted by Gasteiger charge is -2.12. The van der Waals surface area contributed by atoms with Gasteiger partial charge in [0.15, 0.2) is 0 Å². The fraction of sp³-hybridized carbons (Fsp3) is 0.211. The quantitative estimate of drug-likeness (QED) is 0.744. The van der Waals surface area contributed by atoms with E-state index in [9.17, 15) is 4.79 Å². The number of nitrogens with one attached hydrogen (secondary N) is 2. The molecule has 1 heterocycles. The van der Waals surface area contributed by atoms with Gasteiger partial charge in [-0.15, -0.1) is 10.2 Å². The fourth-order valence-electron chi connectivity index (χ4n) is 2.43. The van der Waals surface area contributed by atoms with Crippen LogP contribution < -0.4 is 10.6 Å². The zero-order valence-electron chi connectivity index (χ0n) is 14.4. The van der Waals surface area contributed by atoms with Crippen molar-refractivity contribution in [2.24, 2.45) is 0 Å². The molecule has 0 saturated carbocycles. The molecule has 128 valence electrons. The molecule has 0 aliphatic rings. The molecule has 25 heavy (non-hydrogen) atoms. The molecule has 1 unspecified atom stereocenters. The van der Waals surface area contributed by atoms with Crippen molar-refractivity contribution < 1.29 is 9.21 Å². The predicted octanol–water partition coefficient (Wildman–Crippen LogP) is 3.58. The Labute approximate surface area is 146 Å². The van der Waals surface area contributed by atoms with Crippen LogP contribution in [0.2, 0.25) is 0 Å². The van der Waals surface area contributed by atoms with Gasteiger partial charge in [-0.2, -0.15) is 0 Å². The number of anilines is 1. The summed E-state index contributed by atoms with van der Waals surface area (Å²) < 4.78 is 5.78. The highest BCUT2D eigenvalue weighted by atomic mass is 16.4. The molecule has 0 aliphatic carbocycles. The summed E-state index contributed by atoms with van der Waals surface area (Å²) in [6.07, 6.45) is 0. The number of hydrogen-bond donors (Lipinski definition) is 2. The number of hydrogen-bond acceptors (Lipinski definition) is 5. The maximum Gasteiger partial charge on any atom is 0.251 e. The van der Waals surface area contributed by atoms with Crippen LogP contribution in [0.1, 0.15) is 34.8 Å². The van der Waals surface area contributed by atoms with Crippen molar-refractivity contribution in [2.75, 3.05) is 12.4 Å². The van der Waals surface area contributed by atoms with E-state index in [1.165, 1.54) is 5.56 Å². The number of amides is 1. The molecule has 1 atom stereocenters. The third kappa shape index (κ3) is 3.85. The van der Waals surface area contributed by atoms with E-state index in [4.69, 9.17) is 4.42 Å². The van der Waals surface area contributed by atoms with Gasteiger partial charge in [0.05, 0.1) is 0 Å². The molecule has 0 bridgehead atoms. The van der Waals surface area contributed by atoms with Crippen molar-refractivity contribution in [3.05, 3.63) is 65.5 Å². The van der Waals surface area contributed by atoms with Crippen molar-refractivity contribution in [1.29, 1.82) is 0 Å². The minimum absolute atomic E-state index is 0.129. The average Bonchev–Trinajstić information content (AvgIpc) is 3.12. The summed E-state index contributed by atoms with van der Waals surface area (Å²) >= 11 is 0. The first-order chi connectivity index (χ1) is 12.1. The van der Waals surface area contributed by atoms with E-state index in [1.807, 2.05) is 50.2 Å². The molecule has 6 nitrogen and oxygen atoms in total. The van der Waals surface area contributed by atoms with Gasteiger partial charge in [0.2, 0.25) is 11.8 Å². The lowest BCUT2D eigenvalue weighted by molar-refractivity contribution is 0.0963. The van der Waals surface area contributed by atoms with Gasteiger partial charge in [0.25, 0.3) is 5.91 Å². The maximum absolute atomic E-state index is 11.7. The number of nitrogens with zero attached hydrogens (tertiary/aromatic N) is 2. The lowest BCUT2D eigenvalue weighted by Crippen LogP contribution is -2.18. The molecule has 0 radical (unpaired) electrons. The summed E-state index contributed by atoms with van der Waals surface area (Å²) in [6, 6.07) is 15.0. The smallest absolute Gasteiger partial charge is 0.251 e. The topological polar surface area (TPSA) is 80.0 Å². The minimum Gasteiger partial charge on any atom is -0.418 e. The van der Waals surface area contributed by atoms with E-state index in [0.717, 1.165) is 11.3 Å². The Balaban J connectivity index is 1.75. The molecule has 2 aromatic carbocycles. The van der Waals surface area contributed by atoms with Gasteiger partial charge >= 0.3 is 0 Å². The van der Waals surface area contributed by atoms with Crippen LogP contribution in [0.5, 0.6) is 0 Å². The van der Waals surface area contributed by atoms with Gasteiger partial charge in [-0.3, -0.25) is 4.79 Å². The van der Waals surface area contributed by atoms with E-state index in [0.29, 0.717) is 17.3 Å². The number of carbonyl (C=O) groups excluding carboxylic acids is 1. The Bertz CT molecular complexity index is 871. The number of benzene rings is 2. The first kappa shape index (κ1) is 16.7. The lowest BCUT2D eigenvalue weighted by atomic mass is 10.1. The molecule has 3 aromatic rings. The summed E-state index contributed by atoms with van der Waals surface area (Å²) in [6.45, 7) is 3.96. The first-order valence-electron chi connectivity index (χ1n) is 8.06. The Morgan fingerprint density at radius 2 is 1.88 bits per heavy atom. The van der Waals surface area contributed by atoms with Crippen LogP contribution in [-0.4, -0.2) is 23.2 Å². The highest BCUT2D eigenvalue weighted by Crippen LogP contribution is 2.23. The van der Waals surface area contributed by atoms with Crippen LogP contribution in [0.4, 0.5) is 5.69 Å². The van der Waals surface area contributed by atoms with Crippen molar-refractivity contribution >= 4 is 11.6 Å². The van der Waals surface area contributed by atoms with Gasteiger partial charge in [-0.1, -0.05) is 23.8 Å². The number of rotatable bonds is 5. The standard InChI is InChI=1S/C19H20N4O2/c1-12-7-9-14(10-8-12)19-23-22-18(25-19)13(2)21-16-6-4-5-15(11-16)17(24)20-3/h4-11,13,21H,1-3H3,(H,20,24). The first-order valence-corrected chi connectivity index (χ1v) is 8.06. The van der Waals surface area contributed by atoms with Crippen molar-refractivity contribution in [1.82, 2.24) is 15.5 Å². The Kier molecular flexibility index (Phi) is 4.79.